The van der Waals surface area contributed by atoms with Crippen LogP contribution in [0.15, 0.2) is 77.0 Å². The molecule has 324 valence electrons. The number of hydrogen-bond acceptors (Lipinski definition) is 10. The number of aryl methyl sites for hydroxylation is 1. The van der Waals surface area contributed by atoms with Crippen molar-refractivity contribution in [3.05, 3.63) is 93.3 Å². The fraction of sp³-hybridized carbons (Fsp3) is 0.532. The standard InChI is InChI=1S/C47H58N6O7S/c1-4-46-29-47(30-46,31-46)40-26-45(2,3)15-11-35(40)28-51-17-19-52(20-18-51)36-8-10-39(42(24-36)60-37-23-34-12-16-48-43(34)49-27-37)44(54)50-61(57,58)38-9-7-33(41(25-38)53(55)56)6-5-32-13-21-59-22-14-32/h7-10,12,16,23-25,27,32H,4-6,11,13-15,17-22,26,28-31H2,1-3H3,(H,48,49)(H,50,54). The zero-order chi connectivity index (χ0) is 42.6. The summed E-state index contributed by atoms with van der Waals surface area (Å²) < 4.78 is 41.3. The quantitative estimate of drug-likeness (QED) is 0.0713. The third kappa shape index (κ3) is 8.43. The number of anilines is 1. The van der Waals surface area contributed by atoms with E-state index in [-0.39, 0.29) is 21.9 Å². The molecule has 4 aromatic rings. The van der Waals surface area contributed by atoms with Crippen molar-refractivity contribution < 1.29 is 27.6 Å². The number of piperazine rings is 1. The number of fused-ring (bicyclic) bond motifs is 1. The van der Waals surface area contributed by atoms with E-state index in [1.54, 1.807) is 41.7 Å². The van der Waals surface area contributed by atoms with Crippen molar-refractivity contribution in [3.8, 4) is 11.5 Å². The number of aromatic nitrogens is 2. The van der Waals surface area contributed by atoms with Crippen molar-refractivity contribution in [1.82, 2.24) is 19.6 Å². The number of hydrogen-bond donors (Lipinski definition) is 2. The first-order chi connectivity index (χ1) is 29.2. The van der Waals surface area contributed by atoms with Gasteiger partial charge in [-0.2, -0.15) is 0 Å². The molecule has 2 N–H and O–H groups in total. The van der Waals surface area contributed by atoms with Crippen molar-refractivity contribution in [2.75, 3.05) is 50.8 Å². The number of nitro groups is 1. The molecule has 5 fully saturated rings. The Balaban J connectivity index is 0.919. The summed E-state index contributed by atoms with van der Waals surface area (Å²) in [6.45, 7) is 13.0. The highest BCUT2D eigenvalue weighted by atomic mass is 32.2. The SMILES string of the molecule is CCC12CC(C3=C(CN4CCN(c5ccc(C(=O)NS(=O)(=O)c6ccc(CCC7CCOCC7)c([N+](=O)[O-])c6)c(Oc6cnc7[nH]ccc7c6)c5)CC4)CCC(C)(C)C3)(C1)C2. The van der Waals surface area contributed by atoms with Gasteiger partial charge < -0.3 is 19.4 Å². The Hall–Kier alpha value is -4.79. The molecule has 61 heavy (non-hydrogen) atoms. The maximum atomic E-state index is 13.9. The number of allylic oxidation sites excluding steroid dienone is 1. The number of nitrogens with zero attached hydrogens (tertiary/aromatic N) is 4. The molecule has 0 atom stereocenters. The van der Waals surface area contributed by atoms with E-state index in [9.17, 15) is 23.3 Å². The first-order valence-corrected chi connectivity index (χ1v) is 23.6. The van der Waals surface area contributed by atoms with Crippen LogP contribution in [0.2, 0.25) is 0 Å². The molecule has 0 spiro atoms. The molecule has 4 heterocycles. The summed E-state index contributed by atoms with van der Waals surface area (Å²) in [6.07, 6.45) is 15.4. The molecule has 4 aliphatic carbocycles. The fourth-order valence-electron chi connectivity index (χ4n) is 11.0. The zero-order valence-electron chi connectivity index (χ0n) is 35.6. The minimum atomic E-state index is -4.51. The number of H-pyrrole nitrogens is 1. The van der Waals surface area contributed by atoms with Crippen molar-refractivity contribution >= 4 is 38.3 Å². The van der Waals surface area contributed by atoms with Gasteiger partial charge in [0.15, 0.2) is 0 Å². The van der Waals surface area contributed by atoms with Crippen molar-refractivity contribution in [1.29, 1.82) is 0 Å². The number of nitrogens with one attached hydrogen (secondary N) is 2. The van der Waals surface area contributed by atoms with Gasteiger partial charge in [0.1, 0.15) is 17.1 Å². The first kappa shape index (κ1) is 41.6. The Kier molecular flexibility index (Phi) is 11.0. The molecule has 2 aromatic heterocycles. The molecule has 2 saturated heterocycles. The second-order valence-electron chi connectivity index (χ2n) is 19.3. The average Bonchev–Trinajstić information content (AvgIpc) is 3.69. The van der Waals surface area contributed by atoms with E-state index in [2.05, 4.69) is 45.3 Å². The molecule has 10 rings (SSSR count). The minimum Gasteiger partial charge on any atom is -0.455 e. The predicted octanol–water partition coefficient (Wildman–Crippen LogP) is 8.95. The van der Waals surface area contributed by atoms with Crippen LogP contribution >= 0.6 is 0 Å². The molecule has 6 aliphatic rings. The van der Waals surface area contributed by atoms with Crippen LogP contribution in [0.1, 0.15) is 101 Å². The van der Waals surface area contributed by atoms with Crippen LogP contribution in [0.3, 0.4) is 0 Å². The number of nitro benzene ring substituents is 1. The summed E-state index contributed by atoms with van der Waals surface area (Å²) >= 11 is 0. The third-order valence-electron chi connectivity index (χ3n) is 14.6. The van der Waals surface area contributed by atoms with Crippen LogP contribution in [0, 0.1) is 32.3 Å². The van der Waals surface area contributed by atoms with Gasteiger partial charge in [0.25, 0.3) is 21.6 Å². The largest absolute Gasteiger partial charge is 0.455 e. The summed E-state index contributed by atoms with van der Waals surface area (Å²) in [5, 5.41) is 12.9. The Morgan fingerprint density at radius 2 is 1.82 bits per heavy atom. The van der Waals surface area contributed by atoms with Crippen LogP contribution in [-0.2, 0) is 21.2 Å². The number of amides is 1. The number of sulfonamides is 1. The highest BCUT2D eigenvalue weighted by Crippen LogP contribution is 2.79. The van der Waals surface area contributed by atoms with E-state index in [0.29, 0.717) is 58.8 Å². The van der Waals surface area contributed by atoms with Crippen LogP contribution < -0.4 is 14.4 Å². The second kappa shape index (κ2) is 16.2. The van der Waals surface area contributed by atoms with Crippen molar-refractivity contribution in [2.24, 2.45) is 22.2 Å². The number of rotatable bonds is 14. The first-order valence-electron chi connectivity index (χ1n) is 22.1. The molecule has 2 aromatic carbocycles. The normalized spacial score (nSPS) is 24.3. The number of pyridine rings is 1. The molecule has 2 bridgehead atoms. The lowest BCUT2D eigenvalue weighted by Crippen LogP contribution is -2.63. The van der Waals surface area contributed by atoms with Gasteiger partial charge in [-0.3, -0.25) is 19.8 Å². The van der Waals surface area contributed by atoms with Gasteiger partial charge in [0.2, 0.25) is 0 Å². The fourth-order valence-corrected chi connectivity index (χ4v) is 12.0. The van der Waals surface area contributed by atoms with Crippen LogP contribution in [0.25, 0.3) is 11.0 Å². The van der Waals surface area contributed by atoms with E-state index in [0.717, 1.165) is 69.1 Å². The maximum Gasteiger partial charge on any atom is 0.273 e. The second-order valence-corrected chi connectivity index (χ2v) is 21.0. The summed E-state index contributed by atoms with van der Waals surface area (Å²) in [5.41, 5.74) is 6.60. The van der Waals surface area contributed by atoms with Gasteiger partial charge in [-0.25, -0.2) is 18.1 Å². The number of carbonyl (C=O) groups is 1. The summed E-state index contributed by atoms with van der Waals surface area (Å²) in [6, 6.07) is 12.7. The average molecular weight is 851 g/mol. The molecular weight excluding hydrogens is 793 g/mol. The highest BCUT2D eigenvalue weighted by molar-refractivity contribution is 7.90. The molecule has 13 nitrogen and oxygen atoms in total. The molecule has 0 unspecified atom stereocenters. The van der Waals surface area contributed by atoms with E-state index in [1.807, 2.05) is 12.1 Å². The van der Waals surface area contributed by atoms with Gasteiger partial charge in [0.05, 0.1) is 21.6 Å². The smallest absolute Gasteiger partial charge is 0.273 e. The number of carbonyl (C=O) groups excluding carboxylic acids is 1. The lowest BCUT2D eigenvalue weighted by atomic mass is 9.31. The monoisotopic (exact) mass is 850 g/mol. The molecule has 1 amide bonds. The molecule has 2 aliphatic heterocycles. The van der Waals surface area contributed by atoms with Crippen LogP contribution in [-0.4, -0.2) is 80.1 Å². The Labute approximate surface area is 358 Å². The van der Waals surface area contributed by atoms with Gasteiger partial charge >= 0.3 is 0 Å². The van der Waals surface area contributed by atoms with Gasteiger partial charge in [-0.1, -0.05) is 44.4 Å². The van der Waals surface area contributed by atoms with Crippen molar-refractivity contribution in [2.45, 2.75) is 96.3 Å². The lowest BCUT2D eigenvalue weighted by Gasteiger charge is -2.73. The maximum absolute atomic E-state index is 13.9. The summed E-state index contributed by atoms with van der Waals surface area (Å²) in [7, 11) is -4.51. The number of benzene rings is 2. The van der Waals surface area contributed by atoms with Gasteiger partial charge in [-0.05, 0) is 117 Å². The minimum absolute atomic E-state index is 0.000790. The molecule has 14 heteroatoms. The summed E-state index contributed by atoms with van der Waals surface area (Å²) in [5.74, 6) is 0.0275. The molecule has 0 radical (unpaired) electrons. The van der Waals surface area contributed by atoms with E-state index in [1.165, 1.54) is 57.1 Å². The predicted molar refractivity (Wildman–Crippen MR) is 235 cm³/mol. The Morgan fingerprint density at radius 3 is 2.56 bits per heavy atom. The lowest BCUT2D eigenvalue weighted by molar-refractivity contribution is -0.385. The molecular formula is C47H58N6O7S. The van der Waals surface area contributed by atoms with Gasteiger partial charge in [-0.15, -0.1) is 0 Å². The van der Waals surface area contributed by atoms with E-state index >= 15 is 0 Å². The highest BCUT2D eigenvalue weighted by Gasteiger charge is 2.68. The number of aromatic amines is 1. The van der Waals surface area contributed by atoms with Crippen LogP contribution in [0.4, 0.5) is 11.4 Å². The summed E-state index contributed by atoms with van der Waals surface area (Å²) in [4.78, 5) is 37.5. The Bertz CT molecular complexity index is 2460. The van der Waals surface area contributed by atoms with Crippen LogP contribution in [0.5, 0.6) is 11.5 Å². The van der Waals surface area contributed by atoms with E-state index < -0.39 is 20.9 Å². The zero-order valence-corrected chi connectivity index (χ0v) is 36.5. The molecule has 3 saturated carbocycles. The van der Waals surface area contributed by atoms with Crippen molar-refractivity contribution in [3.63, 3.8) is 0 Å². The Morgan fingerprint density at radius 1 is 1.05 bits per heavy atom. The third-order valence-corrected chi connectivity index (χ3v) is 16.0. The topological polar surface area (TPSA) is 160 Å². The van der Waals surface area contributed by atoms with Gasteiger partial charge in [0, 0.05) is 80.9 Å². The van der Waals surface area contributed by atoms with E-state index in [4.69, 9.17) is 9.47 Å². The number of ether oxygens (including phenoxy) is 2.